The van der Waals surface area contributed by atoms with Gasteiger partial charge in [0.25, 0.3) is 0 Å². The number of methoxy groups -OCH3 is 1. The van der Waals surface area contributed by atoms with Gasteiger partial charge in [-0.15, -0.1) is 11.3 Å². The Kier molecular flexibility index (Phi) is 4.57. The van der Waals surface area contributed by atoms with Crippen LogP contribution in [0.3, 0.4) is 0 Å². The zero-order valence-electron chi connectivity index (χ0n) is 9.72. The van der Waals surface area contributed by atoms with Gasteiger partial charge in [-0.1, -0.05) is 0 Å². The van der Waals surface area contributed by atoms with Crippen molar-refractivity contribution in [2.45, 2.75) is 13.2 Å². The maximum atomic E-state index is 9.13. The van der Waals surface area contributed by atoms with Crippen LogP contribution in [0.5, 0.6) is 11.5 Å². The molecule has 0 unspecified atom stereocenters. The van der Waals surface area contributed by atoms with E-state index in [-0.39, 0.29) is 6.61 Å². The molecule has 0 radical (unpaired) electrons. The highest BCUT2D eigenvalue weighted by molar-refractivity contribution is 9.10. The zero-order valence-corrected chi connectivity index (χ0v) is 12.1. The summed E-state index contributed by atoms with van der Waals surface area (Å²) < 4.78 is 11.7. The van der Waals surface area contributed by atoms with E-state index < -0.39 is 0 Å². The lowest BCUT2D eigenvalue weighted by Crippen LogP contribution is -1.99. The molecule has 0 fully saturated rings. The minimum absolute atomic E-state index is 0.0400. The van der Waals surface area contributed by atoms with Crippen molar-refractivity contribution in [1.29, 1.82) is 0 Å². The van der Waals surface area contributed by atoms with Crippen molar-refractivity contribution in [3.63, 3.8) is 0 Å². The molecule has 6 heteroatoms. The van der Waals surface area contributed by atoms with E-state index in [1.54, 1.807) is 25.4 Å². The third-order valence-electron chi connectivity index (χ3n) is 2.30. The largest absolute Gasteiger partial charge is 0.493 e. The van der Waals surface area contributed by atoms with Crippen LogP contribution in [-0.4, -0.2) is 17.2 Å². The molecular formula is C12H12BrNO3S. The third kappa shape index (κ3) is 3.01. The Morgan fingerprint density at radius 1 is 1.44 bits per heavy atom. The highest BCUT2D eigenvalue weighted by Crippen LogP contribution is 2.37. The number of ether oxygens (including phenoxy) is 2. The number of hydrogen-bond donors (Lipinski definition) is 1. The fourth-order valence-electron chi connectivity index (χ4n) is 1.46. The first-order valence-corrected chi connectivity index (χ1v) is 6.90. The van der Waals surface area contributed by atoms with E-state index in [4.69, 9.17) is 14.6 Å². The number of aliphatic hydroxyl groups is 1. The number of rotatable bonds is 5. The van der Waals surface area contributed by atoms with Gasteiger partial charge >= 0.3 is 0 Å². The maximum absolute atomic E-state index is 9.13. The number of aromatic nitrogens is 1. The molecule has 1 aromatic heterocycles. The SMILES string of the molecule is COc1cc(CO)cc(Br)c1OCc1nccs1. The molecule has 1 heterocycles. The Labute approximate surface area is 117 Å². The standard InChI is InChI=1S/C12H12BrNO3S/c1-16-10-5-8(6-15)4-9(13)12(10)17-7-11-14-2-3-18-11/h2-5,15H,6-7H2,1H3. The van der Waals surface area contributed by atoms with Crippen LogP contribution >= 0.6 is 27.3 Å². The van der Waals surface area contributed by atoms with Crippen LogP contribution in [0.4, 0.5) is 0 Å². The molecular weight excluding hydrogens is 318 g/mol. The van der Waals surface area contributed by atoms with Crippen LogP contribution in [0.2, 0.25) is 0 Å². The molecule has 0 aliphatic rings. The van der Waals surface area contributed by atoms with Gasteiger partial charge in [0.1, 0.15) is 11.6 Å². The number of nitrogens with zero attached hydrogens (tertiary/aromatic N) is 1. The Balaban J connectivity index is 2.20. The first-order chi connectivity index (χ1) is 8.74. The zero-order chi connectivity index (χ0) is 13.0. The summed E-state index contributed by atoms with van der Waals surface area (Å²) in [6.07, 6.45) is 1.74. The Hall–Kier alpha value is -1.11. The fraction of sp³-hybridized carbons (Fsp3) is 0.250. The third-order valence-corrected chi connectivity index (χ3v) is 3.64. The Morgan fingerprint density at radius 2 is 2.28 bits per heavy atom. The molecule has 2 rings (SSSR count). The van der Waals surface area contributed by atoms with Gasteiger partial charge in [0.2, 0.25) is 0 Å². The lowest BCUT2D eigenvalue weighted by Gasteiger charge is -2.13. The summed E-state index contributed by atoms with van der Waals surface area (Å²) in [5, 5.41) is 11.9. The summed E-state index contributed by atoms with van der Waals surface area (Å²) in [4.78, 5) is 4.15. The van der Waals surface area contributed by atoms with E-state index in [1.807, 2.05) is 5.38 Å². The van der Waals surface area contributed by atoms with E-state index >= 15 is 0 Å². The Morgan fingerprint density at radius 3 is 2.89 bits per heavy atom. The van der Waals surface area contributed by atoms with Crippen LogP contribution < -0.4 is 9.47 Å². The van der Waals surface area contributed by atoms with E-state index in [0.29, 0.717) is 18.1 Å². The van der Waals surface area contributed by atoms with Crippen LogP contribution in [0.15, 0.2) is 28.2 Å². The summed E-state index contributed by atoms with van der Waals surface area (Å²) >= 11 is 4.95. The monoisotopic (exact) mass is 329 g/mol. The van der Waals surface area contributed by atoms with Gasteiger partial charge in [-0.2, -0.15) is 0 Å². The number of hydrogen-bond acceptors (Lipinski definition) is 5. The second-order valence-electron chi connectivity index (χ2n) is 3.48. The predicted octanol–water partition coefficient (Wildman–Crippen LogP) is 2.99. The van der Waals surface area contributed by atoms with Crippen LogP contribution in [-0.2, 0) is 13.2 Å². The van der Waals surface area contributed by atoms with Crippen molar-refractivity contribution >= 4 is 27.3 Å². The fourth-order valence-corrected chi connectivity index (χ4v) is 2.59. The molecule has 0 atom stereocenters. The summed E-state index contributed by atoms with van der Waals surface area (Å²) in [6, 6.07) is 3.56. The van der Waals surface area contributed by atoms with Gasteiger partial charge in [-0.3, -0.25) is 0 Å². The first kappa shape index (κ1) is 13.3. The van der Waals surface area contributed by atoms with Crippen LogP contribution in [0.1, 0.15) is 10.6 Å². The molecule has 0 amide bonds. The van der Waals surface area contributed by atoms with Gasteiger partial charge in [-0.05, 0) is 33.6 Å². The van der Waals surface area contributed by atoms with Gasteiger partial charge in [-0.25, -0.2) is 4.98 Å². The highest BCUT2D eigenvalue weighted by Gasteiger charge is 2.12. The van der Waals surface area contributed by atoms with Gasteiger partial charge in [0.05, 0.1) is 18.2 Å². The highest BCUT2D eigenvalue weighted by atomic mass is 79.9. The van der Waals surface area contributed by atoms with Gasteiger partial charge in [0.15, 0.2) is 11.5 Å². The molecule has 0 bridgehead atoms. The molecule has 0 saturated heterocycles. The second kappa shape index (κ2) is 6.17. The van der Waals surface area contributed by atoms with Crippen LogP contribution in [0, 0.1) is 0 Å². The van der Waals surface area contributed by atoms with Crippen molar-refractivity contribution in [2.75, 3.05) is 7.11 Å². The van der Waals surface area contributed by atoms with E-state index in [1.165, 1.54) is 11.3 Å². The number of halogens is 1. The molecule has 0 saturated carbocycles. The average Bonchev–Trinajstić information content (AvgIpc) is 2.89. The molecule has 0 aliphatic heterocycles. The molecule has 96 valence electrons. The maximum Gasteiger partial charge on any atom is 0.175 e. The summed E-state index contributed by atoms with van der Waals surface area (Å²) in [5.41, 5.74) is 0.764. The minimum Gasteiger partial charge on any atom is -0.493 e. The summed E-state index contributed by atoms with van der Waals surface area (Å²) in [6.45, 7) is 0.354. The Bertz CT molecular complexity index is 516. The quantitative estimate of drug-likeness (QED) is 0.916. The topological polar surface area (TPSA) is 51.6 Å². The second-order valence-corrected chi connectivity index (χ2v) is 5.32. The number of benzene rings is 1. The van der Waals surface area contributed by atoms with Crippen molar-refractivity contribution in [3.8, 4) is 11.5 Å². The van der Waals surface area contributed by atoms with Crippen molar-refractivity contribution in [1.82, 2.24) is 4.98 Å². The lowest BCUT2D eigenvalue weighted by atomic mass is 10.2. The molecule has 0 aliphatic carbocycles. The molecule has 0 spiro atoms. The molecule has 18 heavy (non-hydrogen) atoms. The van der Waals surface area contributed by atoms with E-state index in [9.17, 15) is 0 Å². The first-order valence-electron chi connectivity index (χ1n) is 5.23. The summed E-state index contributed by atoms with van der Waals surface area (Å²) in [5.74, 6) is 1.20. The normalized spacial score (nSPS) is 10.4. The molecule has 1 aromatic carbocycles. The molecule has 1 N–H and O–H groups in total. The van der Waals surface area contributed by atoms with E-state index in [2.05, 4.69) is 20.9 Å². The molecule has 2 aromatic rings. The van der Waals surface area contributed by atoms with Crippen molar-refractivity contribution in [2.24, 2.45) is 0 Å². The van der Waals surface area contributed by atoms with E-state index in [0.717, 1.165) is 15.0 Å². The van der Waals surface area contributed by atoms with Gasteiger partial charge < -0.3 is 14.6 Å². The van der Waals surface area contributed by atoms with Crippen molar-refractivity contribution < 1.29 is 14.6 Å². The molecule has 4 nitrogen and oxygen atoms in total. The van der Waals surface area contributed by atoms with Crippen molar-refractivity contribution in [3.05, 3.63) is 38.8 Å². The van der Waals surface area contributed by atoms with Crippen LogP contribution in [0.25, 0.3) is 0 Å². The average molecular weight is 330 g/mol. The predicted molar refractivity (Wildman–Crippen MR) is 73.1 cm³/mol. The number of aliphatic hydroxyl groups excluding tert-OH is 1. The number of thiazole rings is 1. The minimum atomic E-state index is -0.0400. The van der Waals surface area contributed by atoms with Gasteiger partial charge in [0, 0.05) is 11.6 Å². The summed E-state index contributed by atoms with van der Waals surface area (Å²) in [7, 11) is 1.57. The lowest BCUT2D eigenvalue weighted by molar-refractivity contribution is 0.273. The smallest absolute Gasteiger partial charge is 0.175 e.